The highest BCUT2D eigenvalue weighted by Crippen LogP contribution is 1.90. The number of hydrogen-bond acceptors (Lipinski definition) is 6. The highest BCUT2D eigenvalue weighted by atomic mass is 16.5. The van der Waals surface area contributed by atoms with Crippen LogP contribution in [-0.4, -0.2) is 33.3 Å². The second-order valence-electron chi connectivity index (χ2n) is 5.34. The third kappa shape index (κ3) is 4.94. The highest BCUT2D eigenvalue weighted by molar-refractivity contribution is 5.89. The number of aromatic nitrogens is 3. The zero-order chi connectivity index (χ0) is 19.6. The summed E-state index contributed by atoms with van der Waals surface area (Å²) < 4.78 is 5.09. The van der Waals surface area contributed by atoms with Gasteiger partial charge in [0, 0.05) is 24.8 Å². The van der Waals surface area contributed by atoms with Crippen molar-refractivity contribution < 1.29 is 9.53 Å². The fourth-order valence-corrected chi connectivity index (χ4v) is 2.23. The van der Waals surface area contributed by atoms with Crippen molar-refractivity contribution in [1.29, 1.82) is 0 Å². The van der Waals surface area contributed by atoms with E-state index in [4.69, 9.17) is 4.74 Å². The van der Waals surface area contributed by atoms with Crippen LogP contribution in [-0.2, 0) is 9.53 Å². The Hall–Kier alpha value is -4.14. The lowest BCUT2D eigenvalue weighted by atomic mass is 10.4. The van der Waals surface area contributed by atoms with Crippen LogP contribution < -0.4 is 16.3 Å². The van der Waals surface area contributed by atoms with E-state index >= 15 is 0 Å². The number of hydrogen-bond donors (Lipinski definition) is 2. The van der Waals surface area contributed by atoms with Crippen LogP contribution in [0.1, 0.15) is 6.42 Å². The number of rotatable bonds is 0. The number of carbonyl (C=O) groups is 1. The number of H-pyrrole nitrogens is 2. The predicted octanol–water partition coefficient (Wildman–Crippen LogP) is 0.366. The summed E-state index contributed by atoms with van der Waals surface area (Å²) in [6.45, 7) is 0. The molecule has 0 atom stereocenters. The fraction of sp³-hybridized carbons (Fsp3) is 0.0526. The van der Waals surface area contributed by atoms with Crippen molar-refractivity contribution in [3.05, 3.63) is 87.2 Å². The van der Waals surface area contributed by atoms with E-state index in [9.17, 15) is 9.59 Å². The van der Waals surface area contributed by atoms with Gasteiger partial charge in [-0.05, 0) is 24.3 Å². The van der Waals surface area contributed by atoms with Crippen molar-refractivity contribution in [2.24, 2.45) is 15.0 Å². The monoisotopic (exact) mass is 376 g/mol. The molecule has 0 saturated heterocycles. The predicted molar refractivity (Wildman–Crippen MR) is 104 cm³/mol. The van der Waals surface area contributed by atoms with E-state index < -0.39 is 0 Å². The highest BCUT2D eigenvalue weighted by Gasteiger charge is 2.01. The summed E-state index contributed by atoms with van der Waals surface area (Å²) in [5.41, 5.74) is 0.509. The molecule has 0 bridgehead atoms. The number of ether oxygens (including phenoxy) is 1. The number of nitrogens with one attached hydrogen (secondary N) is 2. The Bertz CT molecular complexity index is 1260. The summed E-state index contributed by atoms with van der Waals surface area (Å²) in [6, 6.07) is 0. The molecule has 1 amide bonds. The van der Waals surface area contributed by atoms with Crippen LogP contribution in [0.2, 0.25) is 0 Å². The van der Waals surface area contributed by atoms with Gasteiger partial charge in [-0.15, -0.1) is 0 Å². The molecule has 0 unspecified atom stereocenters. The SMILES string of the molecule is O=C1CC=COC=CC=CC=NC=c2c(=O)[nH]c3[nH]cnc(c2=3)=NC=CC=N1. The van der Waals surface area contributed by atoms with Crippen LogP contribution in [0, 0.1) is 10.7 Å². The van der Waals surface area contributed by atoms with Crippen molar-refractivity contribution in [2.75, 3.05) is 0 Å². The summed E-state index contributed by atoms with van der Waals surface area (Å²) in [5, 5.41) is 0.845. The van der Waals surface area contributed by atoms with Gasteiger partial charge >= 0.3 is 0 Å². The van der Waals surface area contributed by atoms with Crippen LogP contribution in [0.4, 0.5) is 0 Å². The van der Waals surface area contributed by atoms with Crippen molar-refractivity contribution in [2.45, 2.75) is 6.42 Å². The minimum absolute atomic E-state index is 0.114. The largest absolute Gasteiger partial charge is 0.473 e. The van der Waals surface area contributed by atoms with Gasteiger partial charge in [0.15, 0.2) is 5.49 Å². The average Bonchev–Trinajstić information content (AvgIpc) is 3.01. The van der Waals surface area contributed by atoms with Gasteiger partial charge in [-0.3, -0.25) is 14.6 Å². The zero-order valence-electron chi connectivity index (χ0n) is 14.6. The summed E-state index contributed by atoms with van der Waals surface area (Å²) >= 11 is 0. The molecule has 9 nitrogen and oxygen atoms in total. The maximum atomic E-state index is 12.2. The lowest BCUT2D eigenvalue weighted by Crippen LogP contribution is -2.26. The van der Waals surface area contributed by atoms with Gasteiger partial charge in [-0.1, -0.05) is 6.08 Å². The molecule has 28 heavy (non-hydrogen) atoms. The third-order valence-electron chi connectivity index (χ3n) is 3.43. The van der Waals surface area contributed by atoms with E-state index in [1.165, 1.54) is 49.8 Å². The first-order valence-corrected chi connectivity index (χ1v) is 8.26. The van der Waals surface area contributed by atoms with Gasteiger partial charge in [0.1, 0.15) is 5.48 Å². The lowest BCUT2D eigenvalue weighted by molar-refractivity contribution is -0.116. The fourth-order valence-electron chi connectivity index (χ4n) is 2.23. The molecule has 3 rings (SSSR count). The number of amides is 1. The number of allylic oxidation sites excluding steroid dienone is 4. The Balaban J connectivity index is 2.08. The van der Waals surface area contributed by atoms with Crippen molar-refractivity contribution in [3.8, 4) is 0 Å². The van der Waals surface area contributed by atoms with Gasteiger partial charge < -0.3 is 14.7 Å². The zero-order valence-corrected chi connectivity index (χ0v) is 14.6. The molecule has 9 heteroatoms. The van der Waals surface area contributed by atoms with Crippen LogP contribution in [0.5, 0.6) is 0 Å². The second kappa shape index (κ2) is 9.53. The Morgan fingerprint density at radius 3 is 2.89 bits per heavy atom. The molecule has 0 aliphatic carbocycles. The normalized spacial score (nSPS) is 15.2. The van der Waals surface area contributed by atoms with Crippen LogP contribution in [0.25, 0.3) is 6.20 Å². The molecule has 3 aliphatic rings. The summed E-state index contributed by atoms with van der Waals surface area (Å²) in [4.78, 5) is 45.7. The quantitative estimate of drug-likeness (QED) is 0.689. The molecular formula is C19H16N6O3. The first-order chi connectivity index (χ1) is 13.8. The third-order valence-corrected chi connectivity index (χ3v) is 3.43. The number of carbonyl (C=O) groups excluding carboxylic acids is 1. The molecule has 140 valence electrons. The van der Waals surface area contributed by atoms with E-state index in [1.54, 1.807) is 24.3 Å². The minimum Gasteiger partial charge on any atom is -0.473 e. The smallest absolute Gasteiger partial charge is 0.259 e. The van der Waals surface area contributed by atoms with E-state index in [0.29, 0.717) is 21.4 Å². The lowest BCUT2D eigenvalue weighted by Gasteiger charge is -1.89. The molecule has 0 aromatic rings. The molecule has 3 heterocycles. The van der Waals surface area contributed by atoms with Gasteiger partial charge in [0.25, 0.3) is 5.56 Å². The van der Waals surface area contributed by atoms with Gasteiger partial charge in [-0.25, -0.2) is 15.0 Å². The Morgan fingerprint density at radius 2 is 1.96 bits per heavy atom. The van der Waals surface area contributed by atoms with E-state index in [2.05, 4.69) is 29.9 Å². The number of aliphatic imine (C=N–C) groups is 2. The van der Waals surface area contributed by atoms with Gasteiger partial charge in [-0.2, -0.15) is 0 Å². The van der Waals surface area contributed by atoms with E-state index in [-0.39, 0.29) is 17.9 Å². The molecule has 0 fully saturated rings. The van der Waals surface area contributed by atoms with Gasteiger partial charge in [0.05, 0.1) is 35.7 Å². The molecule has 2 N–H and O–H groups in total. The topological polar surface area (TPSA) is 125 Å². The van der Waals surface area contributed by atoms with E-state index in [0.717, 1.165) is 0 Å². The van der Waals surface area contributed by atoms with Crippen molar-refractivity contribution in [1.82, 2.24) is 15.0 Å². The maximum Gasteiger partial charge on any atom is 0.259 e. The Kier molecular flexibility index (Phi) is 6.34. The van der Waals surface area contributed by atoms with Crippen molar-refractivity contribution in [3.63, 3.8) is 0 Å². The molecule has 0 saturated carbocycles. The minimum atomic E-state index is -0.327. The number of nitrogens with zero attached hydrogens (tertiary/aromatic N) is 4. The van der Waals surface area contributed by atoms with E-state index in [1.807, 2.05) is 0 Å². The number of aromatic amines is 2. The maximum absolute atomic E-state index is 12.2. The molecule has 0 aromatic heterocycles. The van der Waals surface area contributed by atoms with Gasteiger partial charge in [0.2, 0.25) is 5.91 Å². The standard InChI is InChI=1S/C19H16N6O3/c26-15-6-4-11-28-10-3-1-2-7-20-12-14-16-17(22-9-5-8-21-15)23-13-24-18(16)25-19(14)27/h1-5,7-13H,6H2,(H2,22,23,24,25,27). The molecule has 0 spiro atoms. The average molecular weight is 376 g/mol. The molecular weight excluding hydrogens is 360 g/mol. The Morgan fingerprint density at radius 1 is 1.04 bits per heavy atom. The first-order valence-electron chi connectivity index (χ1n) is 8.26. The van der Waals surface area contributed by atoms with Crippen LogP contribution in [0.3, 0.4) is 0 Å². The van der Waals surface area contributed by atoms with Crippen LogP contribution >= 0.6 is 0 Å². The summed E-state index contributed by atoms with van der Waals surface area (Å²) in [5.74, 6) is -0.327. The summed E-state index contributed by atoms with van der Waals surface area (Å²) in [7, 11) is 0. The first kappa shape index (κ1) is 18.6. The molecule has 0 aromatic carbocycles. The molecule has 0 radical (unpaired) electrons. The second-order valence-corrected chi connectivity index (χ2v) is 5.34. The Labute approximate surface area is 158 Å². The van der Waals surface area contributed by atoms with Crippen molar-refractivity contribution >= 4 is 24.5 Å². The summed E-state index contributed by atoms with van der Waals surface area (Å²) in [6.07, 6.45) is 18.2. The molecule has 3 aliphatic heterocycles. The van der Waals surface area contributed by atoms with Crippen LogP contribution in [0.15, 0.2) is 75.2 Å².